The van der Waals surface area contributed by atoms with E-state index in [0.29, 0.717) is 6.61 Å². The molecular formula is C7H12O4. The lowest BCUT2D eigenvalue weighted by atomic mass is 10.4. The average Bonchev–Trinajstić information content (AvgIpc) is 2.03. The highest BCUT2D eigenvalue weighted by molar-refractivity contribution is 6.34. The van der Waals surface area contributed by atoms with Crippen molar-refractivity contribution in [2.24, 2.45) is 0 Å². The molecule has 0 N–H and O–H groups in total. The van der Waals surface area contributed by atoms with Gasteiger partial charge in [-0.05, 0) is 6.42 Å². The second kappa shape index (κ2) is 5.85. The van der Waals surface area contributed by atoms with Crippen LogP contribution in [0.5, 0.6) is 0 Å². The highest BCUT2D eigenvalue weighted by atomic mass is 16.5. The van der Waals surface area contributed by atoms with Crippen molar-refractivity contribution >= 4 is 11.8 Å². The van der Waals surface area contributed by atoms with Gasteiger partial charge in [-0.25, -0.2) is 4.79 Å². The van der Waals surface area contributed by atoms with Gasteiger partial charge in [0.15, 0.2) is 0 Å². The van der Waals surface area contributed by atoms with Crippen molar-refractivity contribution in [1.82, 2.24) is 0 Å². The third kappa shape index (κ3) is 4.50. The normalized spacial score (nSPS) is 9.27. The molecule has 0 fully saturated rings. The smallest absolute Gasteiger partial charge is 0.376 e. The number of ether oxygens (including phenoxy) is 2. The van der Waals surface area contributed by atoms with Crippen molar-refractivity contribution in [2.75, 3.05) is 20.3 Å². The fourth-order valence-corrected chi connectivity index (χ4v) is 0.482. The van der Waals surface area contributed by atoms with Crippen LogP contribution in [-0.2, 0) is 19.1 Å². The van der Waals surface area contributed by atoms with Crippen LogP contribution in [0, 0.1) is 0 Å². The van der Waals surface area contributed by atoms with E-state index in [2.05, 4.69) is 4.74 Å². The number of ketones is 1. The molecule has 64 valence electrons. The van der Waals surface area contributed by atoms with E-state index in [0.717, 1.165) is 6.42 Å². The molecule has 0 rings (SSSR count). The van der Waals surface area contributed by atoms with Gasteiger partial charge < -0.3 is 9.47 Å². The van der Waals surface area contributed by atoms with Gasteiger partial charge in [0.1, 0.15) is 6.61 Å². The molecule has 0 aromatic carbocycles. The molecule has 0 saturated carbocycles. The monoisotopic (exact) mass is 160 g/mol. The number of Topliss-reactive ketones (excluding diaryl/α,β-unsaturated/α-hetero) is 1. The van der Waals surface area contributed by atoms with Gasteiger partial charge in [-0.1, -0.05) is 6.92 Å². The topological polar surface area (TPSA) is 52.6 Å². The number of carbonyl (C=O) groups excluding carboxylic acids is 2. The lowest BCUT2D eigenvalue weighted by Gasteiger charge is -1.98. The number of esters is 1. The number of rotatable bonds is 5. The van der Waals surface area contributed by atoms with E-state index in [-0.39, 0.29) is 6.61 Å². The Morgan fingerprint density at radius 2 is 2.00 bits per heavy atom. The SMILES string of the molecule is CCCOCC(=O)C(=O)OC. The second-order valence-corrected chi connectivity index (χ2v) is 1.97. The summed E-state index contributed by atoms with van der Waals surface area (Å²) >= 11 is 0. The molecule has 4 nitrogen and oxygen atoms in total. The van der Waals surface area contributed by atoms with Crippen LogP contribution in [0.4, 0.5) is 0 Å². The zero-order valence-electron chi connectivity index (χ0n) is 6.75. The second-order valence-electron chi connectivity index (χ2n) is 1.97. The standard InChI is InChI=1S/C7H12O4/c1-3-4-11-5-6(8)7(9)10-2/h3-5H2,1-2H3. The summed E-state index contributed by atoms with van der Waals surface area (Å²) in [5.74, 6) is -1.48. The first-order valence-electron chi connectivity index (χ1n) is 3.41. The number of hydrogen-bond donors (Lipinski definition) is 0. The summed E-state index contributed by atoms with van der Waals surface area (Å²) in [7, 11) is 1.17. The van der Waals surface area contributed by atoms with E-state index in [1.54, 1.807) is 0 Å². The van der Waals surface area contributed by atoms with Crippen LogP contribution in [0.2, 0.25) is 0 Å². The third-order valence-electron chi connectivity index (χ3n) is 0.995. The molecule has 0 unspecified atom stereocenters. The van der Waals surface area contributed by atoms with Crippen LogP contribution in [0.15, 0.2) is 0 Å². The summed E-state index contributed by atoms with van der Waals surface area (Å²) in [6, 6.07) is 0. The van der Waals surface area contributed by atoms with Gasteiger partial charge in [-0.3, -0.25) is 4.79 Å². The molecule has 0 aliphatic carbocycles. The summed E-state index contributed by atoms with van der Waals surface area (Å²) < 4.78 is 8.99. The molecule has 0 aliphatic rings. The van der Waals surface area contributed by atoms with Gasteiger partial charge in [-0.2, -0.15) is 0 Å². The Hall–Kier alpha value is -0.900. The van der Waals surface area contributed by atoms with Crippen LogP contribution < -0.4 is 0 Å². The van der Waals surface area contributed by atoms with E-state index in [9.17, 15) is 9.59 Å². The van der Waals surface area contributed by atoms with Gasteiger partial charge in [-0.15, -0.1) is 0 Å². The lowest BCUT2D eigenvalue weighted by Crippen LogP contribution is -2.21. The highest BCUT2D eigenvalue weighted by Crippen LogP contribution is 1.83. The van der Waals surface area contributed by atoms with Crippen molar-refractivity contribution in [2.45, 2.75) is 13.3 Å². The van der Waals surface area contributed by atoms with E-state index >= 15 is 0 Å². The summed E-state index contributed by atoms with van der Waals surface area (Å²) in [5.41, 5.74) is 0. The number of methoxy groups -OCH3 is 1. The molecule has 0 amide bonds. The first-order chi connectivity index (χ1) is 5.22. The van der Waals surface area contributed by atoms with Gasteiger partial charge in [0.2, 0.25) is 0 Å². The maximum Gasteiger partial charge on any atom is 0.376 e. The summed E-state index contributed by atoms with van der Waals surface area (Å²) in [4.78, 5) is 21.1. The molecule has 0 radical (unpaired) electrons. The highest BCUT2D eigenvalue weighted by Gasteiger charge is 2.12. The zero-order chi connectivity index (χ0) is 8.69. The molecule has 0 aromatic heterocycles. The minimum atomic E-state index is -0.846. The molecule has 0 aromatic rings. The van der Waals surface area contributed by atoms with Crippen molar-refractivity contribution in [3.8, 4) is 0 Å². The van der Waals surface area contributed by atoms with Crippen LogP contribution in [0.1, 0.15) is 13.3 Å². The van der Waals surface area contributed by atoms with Crippen LogP contribution >= 0.6 is 0 Å². The fraction of sp³-hybridized carbons (Fsp3) is 0.714. The van der Waals surface area contributed by atoms with Crippen molar-refractivity contribution < 1.29 is 19.1 Å². The maximum atomic E-state index is 10.6. The Morgan fingerprint density at radius 3 is 2.45 bits per heavy atom. The average molecular weight is 160 g/mol. The van der Waals surface area contributed by atoms with E-state index in [1.807, 2.05) is 6.92 Å². The van der Waals surface area contributed by atoms with Crippen LogP contribution in [-0.4, -0.2) is 32.1 Å². The van der Waals surface area contributed by atoms with E-state index < -0.39 is 11.8 Å². The minimum absolute atomic E-state index is 0.180. The third-order valence-corrected chi connectivity index (χ3v) is 0.995. The molecule has 0 aliphatic heterocycles. The van der Waals surface area contributed by atoms with Gasteiger partial charge in [0.25, 0.3) is 5.78 Å². The largest absolute Gasteiger partial charge is 0.463 e. The Labute approximate surface area is 65.5 Å². The molecule has 0 atom stereocenters. The summed E-state index contributed by atoms with van der Waals surface area (Å²) in [6.07, 6.45) is 0.828. The molecular weight excluding hydrogens is 148 g/mol. The van der Waals surface area contributed by atoms with Crippen molar-refractivity contribution in [3.63, 3.8) is 0 Å². The lowest BCUT2D eigenvalue weighted by molar-refractivity contribution is -0.153. The Bertz CT molecular complexity index is 141. The first-order valence-corrected chi connectivity index (χ1v) is 3.41. The van der Waals surface area contributed by atoms with Crippen molar-refractivity contribution in [1.29, 1.82) is 0 Å². The fourth-order valence-electron chi connectivity index (χ4n) is 0.482. The molecule has 0 bridgehead atoms. The van der Waals surface area contributed by atoms with Gasteiger partial charge in [0.05, 0.1) is 7.11 Å². The molecule has 0 saturated heterocycles. The molecule has 0 heterocycles. The predicted octanol–water partition coefficient (Wildman–Crippen LogP) is 0.155. The number of carbonyl (C=O) groups is 2. The molecule has 4 heteroatoms. The van der Waals surface area contributed by atoms with Crippen molar-refractivity contribution in [3.05, 3.63) is 0 Å². The van der Waals surface area contributed by atoms with Crippen LogP contribution in [0.3, 0.4) is 0 Å². The molecule has 0 spiro atoms. The minimum Gasteiger partial charge on any atom is -0.463 e. The Balaban J connectivity index is 3.44. The van der Waals surface area contributed by atoms with E-state index in [1.165, 1.54) is 7.11 Å². The quantitative estimate of drug-likeness (QED) is 0.326. The maximum absolute atomic E-state index is 10.6. The number of hydrogen-bond acceptors (Lipinski definition) is 4. The van der Waals surface area contributed by atoms with Crippen LogP contribution in [0.25, 0.3) is 0 Å². The van der Waals surface area contributed by atoms with Gasteiger partial charge >= 0.3 is 5.97 Å². The molecule has 11 heavy (non-hydrogen) atoms. The summed E-state index contributed by atoms with van der Waals surface area (Å²) in [6.45, 7) is 2.23. The van der Waals surface area contributed by atoms with Gasteiger partial charge in [0, 0.05) is 6.61 Å². The summed E-state index contributed by atoms with van der Waals surface area (Å²) in [5, 5.41) is 0. The first kappa shape index (κ1) is 10.1. The Morgan fingerprint density at radius 1 is 1.36 bits per heavy atom. The predicted molar refractivity (Wildman–Crippen MR) is 38.1 cm³/mol. The van der Waals surface area contributed by atoms with E-state index in [4.69, 9.17) is 4.74 Å². The Kier molecular flexibility index (Phi) is 5.37. The zero-order valence-corrected chi connectivity index (χ0v) is 6.75.